The molecular formula is C10H15N3O2. The molecule has 1 aliphatic carbocycles. The van der Waals surface area contributed by atoms with Crippen LogP contribution in [0.15, 0.2) is 12.4 Å². The van der Waals surface area contributed by atoms with Crippen LogP contribution in [0.1, 0.15) is 31.1 Å². The Balaban J connectivity index is 2.18. The number of carboxylic acid groups (broad SMARTS) is 1. The minimum absolute atomic E-state index is 0.175. The van der Waals surface area contributed by atoms with Crippen LogP contribution in [0.25, 0.3) is 0 Å². The van der Waals surface area contributed by atoms with Crippen molar-refractivity contribution in [2.24, 2.45) is 5.73 Å². The molecule has 5 nitrogen and oxygen atoms in total. The number of nitrogens with two attached hydrogens (primary N) is 1. The molecular weight excluding hydrogens is 194 g/mol. The van der Waals surface area contributed by atoms with Crippen LogP contribution in [0, 0.1) is 6.92 Å². The lowest BCUT2D eigenvalue weighted by Crippen LogP contribution is -2.45. The molecule has 2 atom stereocenters. The zero-order valence-corrected chi connectivity index (χ0v) is 8.68. The SMILES string of the molecule is Cc1nccn1C1CCC(N)(C(=O)O)C1. The minimum Gasteiger partial charge on any atom is -0.480 e. The molecule has 1 saturated carbocycles. The molecule has 0 amide bonds. The number of aryl methyl sites for hydroxylation is 1. The Morgan fingerprint density at radius 3 is 3.00 bits per heavy atom. The summed E-state index contributed by atoms with van der Waals surface area (Å²) >= 11 is 0. The van der Waals surface area contributed by atoms with Crippen molar-refractivity contribution in [1.82, 2.24) is 9.55 Å². The standard InChI is InChI=1S/C10H15N3O2/c1-7-12-4-5-13(7)8-2-3-10(11,6-8)9(14)15/h4-5,8H,2-3,6,11H2,1H3,(H,14,15). The van der Waals surface area contributed by atoms with Gasteiger partial charge in [0.2, 0.25) is 0 Å². The van der Waals surface area contributed by atoms with Gasteiger partial charge in [-0.2, -0.15) is 0 Å². The fourth-order valence-electron chi connectivity index (χ4n) is 2.25. The second-order valence-corrected chi connectivity index (χ2v) is 4.24. The van der Waals surface area contributed by atoms with Crippen LogP contribution in [-0.2, 0) is 4.79 Å². The van der Waals surface area contributed by atoms with Gasteiger partial charge in [-0.3, -0.25) is 4.79 Å². The molecule has 1 aromatic rings. The van der Waals surface area contributed by atoms with E-state index in [0.29, 0.717) is 12.8 Å². The fourth-order valence-corrected chi connectivity index (χ4v) is 2.25. The van der Waals surface area contributed by atoms with E-state index in [0.717, 1.165) is 12.2 Å². The number of carboxylic acids is 1. The van der Waals surface area contributed by atoms with Crippen LogP contribution in [0.2, 0.25) is 0 Å². The summed E-state index contributed by atoms with van der Waals surface area (Å²) in [5.74, 6) is 0.0115. The Hall–Kier alpha value is -1.36. The van der Waals surface area contributed by atoms with Crippen molar-refractivity contribution >= 4 is 5.97 Å². The topological polar surface area (TPSA) is 81.1 Å². The molecule has 1 aliphatic rings. The second-order valence-electron chi connectivity index (χ2n) is 4.24. The summed E-state index contributed by atoms with van der Waals surface area (Å²) in [6.45, 7) is 1.91. The van der Waals surface area contributed by atoms with Gasteiger partial charge in [0.1, 0.15) is 11.4 Å². The van der Waals surface area contributed by atoms with Gasteiger partial charge in [0.05, 0.1) is 0 Å². The maximum atomic E-state index is 11.0. The number of aromatic nitrogens is 2. The Morgan fingerprint density at radius 1 is 1.80 bits per heavy atom. The lowest BCUT2D eigenvalue weighted by molar-refractivity contribution is -0.143. The van der Waals surface area contributed by atoms with Gasteiger partial charge >= 0.3 is 5.97 Å². The summed E-state index contributed by atoms with van der Waals surface area (Å²) in [4.78, 5) is 15.1. The quantitative estimate of drug-likeness (QED) is 0.751. The summed E-state index contributed by atoms with van der Waals surface area (Å²) in [7, 11) is 0. The molecule has 0 radical (unpaired) electrons. The van der Waals surface area contributed by atoms with Crippen molar-refractivity contribution in [3.63, 3.8) is 0 Å². The number of hydrogen-bond donors (Lipinski definition) is 2. The molecule has 0 spiro atoms. The average Bonchev–Trinajstić information content (AvgIpc) is 2.73. The van der Waals surface area contributed by atoms with Crippen LogP contribution in [0.4, 0.5) is 0 Å². The first-order valence-electron chi connectivity index (χ1n) is 5.05. The van der Waals surface area contributed by atoms with Crippen molar-refractivity contribution in [3.8, 4) is 0 Å². The monoisotopic (exact) mass is 209 g/mol. The summed E-state index contributed by atoms with van der Waals surface area (Å²) in [5, 5.41) is 9.01. The molecule has 1 aromatic heterocycles. The Kier molecular flexibility index (Phi) is 2.26. The summed E-state index contributed by atoms with van der Waals surface area (Å²) in [6, 6.07) is 0.175. The van der Waals surface area contributed by atoms with E-state index in [1.54, 1.807) is 6.20 Å². The predicted molar refractivity (Wildman–Crippen MR) is 54.4 cm³/mol. The first-order valence-corrected chi connectivity index (χ1v) is 5.05. The van der Waals surface area contributed by atoms with Crippen LogP contribution in [0.5, 0.6) is 0 Å². The molecule has 3 N–H and O–H groups in total. The minimum atomic E-state index is -1.05. The number of nitrogens with zero attached hydrogens (tertiary/aromatic N) is 2. The summed E-state index contributed by atoms with van der Waals surface area (Å²) in [5.41, 5.74) is 4.76. The number of hydrogen-bond acceptors (Lipinski definition) is 3. The number of imidazole rings is 1. The van der Waals surface area contributed by atoms with E-state index in [-0.39, 0.29) is 6.04 Å². The molecule has 0 aromatic carbocycles. The van der Waals surface area contributed by atoms with Gasteiger partial charge in [-0.1, -0.05) is 0 Å². The number of rotatable bonds is 2. The molecule has 82 valence electrons. The predicted octanol–water partition coefficient (Wildman–Crippen LogP) is 0.699. The summed E-state index contributed by atoms with van der Waals surface area (Å²) < 4.78 is 2.01. The maximum Gasteiger partial charge on any atom is 0.323 e. The van der Waals surface area contributed by atoms with Crippen molar-refractivity contribution in [2.45, 2.75) is 37.8 Å². The Bertz CT molecular complexity index is 388. The van der Waals surface area contributed by atoms with Gasteiger partial charge in [-0.25, -0.2) is 4.98 Å². The Morgan fingerprint density at radius 2 is 2.53 bits per heavy atom. The number of carbonyl (C=O) groups is 1. The summed E-state index contributed by atoms with van der Waals surface area (Å²) in [6.07, 6.45) is 5.43. The third kappa shape index (κ3) is 1.63. The van der Waals surface area contributed by atoms with Gasteiger partial charge in [0, 0.05) is 18.4 Å². The Labute approximate surface area is 87.9 Å². The first kappa shape index (κ1) is 10.2. The third-order valence-electron chi connectivity index (χ3n) is 3.21. The second kappa shape index (κ2) is 3.34. The van der Waals surface area contributed by atoms with E-state index in [1.807, 2.05) is 17.7 Å². The van der Waals surface area contributed by atoms with Gasteiger partial charge in [-0.15, -0.1) is 0 Å². The molecule has 2 rings (SSSR count). The van der Waals surface area contributed by atoms with Crippen molar-refractivity contribution in [2.75, 3.05) is 0 Å². The zero-order chi connectivity index (χ0) is 11.1. The van der Waals surface area contributed by atoms with E-state index in [9.17, 15) is 4.79 Å². The van der Waals surface area contributed by atoms with E-state index in [4.69, 9.17) is 10.8 Å². The molecule has 5 heteroatoms. The van der Waals surface area contributed by atoms with Crippen LogP contribution in [0.3, 0.4) is 0 Å². The maximum absolute atomic E-state index is 11.0. The molecule has 0 saturated heterocycles. The highest BCUT2D eigenvalue weighted by molar-refractivity contribution is 5.78. The molecule has 15 heavy (non-hydrogen) atoms. The normalized spacial score (nSPS) is 30.7. The molecule has 0 aliphatic heterocycles. The van der Waals surface area contributed by atoms with Crippen LogP contribution >= 0.6 is 0 Å². The fraction of sp³-hybridized carbons (Fsp3) is 0.600. The number of aliphatic carboxylic acids is 1. The van der Waals surface area contributed by atoms with E-state index in [1.165, 1.54) is 0 Å². The van der Waals surface area contributed by atoms with Gasteiger partial charge in [0.15, 0.2) is 0 Å². The van der Waals surface area contributed by atoms with Crippen LogP contribution in [-0.4, -0.2) is 26.2 Å². The lowest BCUT2D eigenvalue weighted by Gasteiger charge is -2.19. The zero-order valence-electron chi connectivity index (χ0n) is 8.68. The van der Waals surface area contributed by atoms with Gasteiger partial charge < -0.3 is 15.4 Å². The van der Waals surface area contributed by atoms with E-state index >= 15 is 0 Å². The van der Waals surface area contributed by atoms with Gasteiger partial charge in [0.25, 0.3) is 0 Å². The van der Waals surface area contributed by atoms with E-state index < -0.39 is 11.5 Å². The highest BCUT2D eigenvalue weighted by atomic mass is 16.4. The van der Waals surface area contributed by atoms with Crippen LogP contribution < -0.4 is 5.73 Å². The van der Waals surface area contributed by atoms with Crippen molar-refractivity contribution in [1.29, 1.82) is 0 Å². The van der Waals surface area contributed by atoms with Gasteiger partial charge in [-0.05, 0) is 26.2 Å². The highest BCUT2D eigenvalue weighted by Crippen LogP contribution is 2.36. The molecule has 0 bridgehead atoms. The van der Waals surface area contributed by atoms with Crippen molar-refractivity contribution in [3.05, 3.63) is 18.2 Å². The average molecular weight is 209 g/mol. The lowest BCUT2D eigenvalue weighted by atomic mass is 9.99. The van der Waals surface area contributed by atoms with E-state index in [2.05, 4.69) is 4.98 Å². The smallest absolute Gasteiger partial charge is 0.323 e. The molecule has 2 unspecified atom stereocenters. The molecule has 1 heterocycles. The molecule has 1 fully saturated rings. The first-order chi connectivity index (χ1) is 7.03. The van der Waals surface area contributed by atoms with Crippen molar-refractivity contribution < 1.29 is 9.90 Å². The highest BCUT2D eigenvalue weighted by Gasteiger charge is 2.42. The largest absolute Gasteiger partial charge is 0.480 e. The third-order valence-corrected chi connectivity index (χ3v) is 3.21.